The van der Waals surface area contributed by atoms with Gasteiger partial charge in [-0.2, -0.15) is 0 Å². The highest BCUT2D eigenvalue weighted by atomic mass is 19.1. The second-order valence-corrected chi connectivity index (χ2v) is 5.99. The van der Waals surface area contributed by atoms with Crippen LogP contribution in [0.5, 0.6) is 5.75 Å². The molecule has 1 saturated carbocycles. The van der Waals surface area contributed by atoms with Crippen LogP contribution in [0, 0.1) is 17.6 Å². The van der Waals surface area contributed by atoms with Gasteiger partial charge < -0.3 is 15.0 Å². The minimum atomic E-state index is -0.702. The van der Waals surface area contributed by atoms with Crippen LogP contribution in [-0.4, -0.2) is 30.6 Å². The molecule has 1 saturated heterocycles. The zero-order valence-corrected chi connectivity index (χ0v) is 12.6. The Morgan fingerprint density at radius 2 is 2.00 bits per heavy atom. The summed E-state index contributed by atoms with van der Waals surface area (Å²) < 4.78 is 32.3. The number of urea groups is 1. The molecule has 0 radical (unpaired) electrons. The van der Waals surface area contributed by atoms with Gasteiger partial charge in [0.15, 0.2) is 17.4 Å². The van der Waals surface area contributed by atoms with Crippen LogP contribution in [0.25, 0.3) is 0 Å². The van der Waals surface area contributed by atoms with E-state index >= 15 is 0 Å². The van der Waals surface area contributed by atoms with Gasteiger partial charge in [0.1, 0.15) is 0 Å². The van der Waals surface area contributed by atoms with E-state index in [2.05, 4.69) is 5.32 Å². The lowest BCUT2D eigenvalue weighted by Crippen LogP contribution is -2.48. The molecular weight excluding hydrogens is 290 g/mol. The second kappa shape index (κ2) is 6.10. The van der Waals surface area contributed by atoms with Crippen LogP contribution in [0.2, 0.25) is 0 Å². The molecule has 1 heterocycles. The number of ether oxygens (including phenoxy) is 1. The summed E-state index contributed by atoms with van der Waals surface area (Å²) in [5, 5.41) is 2.50. The van der Waals surface area contributed by atoms with Crippen LogP contribution in [0.3, 0.4) is 0 Å². The first kappa shape index (κ1) is 15.1. The van der Waals surface area contributed by atoms with E-state index in [0.717, 1.165) is 44.2 Å². The van der Waals surface area contributed by atoms with E-state index in [-0.39, 0.29) is 23.5 Å². The van der Waals surface area contributed by atoms with Crippen molar-refractivity contribution in [1.82, 2.24) is 4.90 Å². The van der Waals surface area contributed by atoms with Crippen molar-refractivity contribution < 1.29 is 18.3 Å². The molecule has 0 bridgehead atoms. The molecule has 0 unspecified atom stereocenters. The van der Waals surface area contributed by atoms with Crippen molar-refractivity contribution in [2.24, 2.45) is 5.92 Å². The normalized spacial score (nSPS) is 24.0. The highest BCUT2D eigenvalue weighted by molar-refractivity contribution is 5.90. The smallest absolute Gasteiger partial charge is 0.322 e. The molecule has 2 fully saturated rings. The molecule has 4 nitrogen and oxygen atoms in total. The Morgan fingerprint density at radius 3 is 2.77 bits per heavy atom. The molecule has 6 heteroatoms. The van der Waals surface area contributed by atoms with Gasteiger partial charge in [-0.05, 0) is 31.6 Å². The topological polar surface area (TPSA) is 41.6 Å². The Morgan fingerprint density at radius 1 is 1.23 bits per heavy atom. The minimum Gasteiger partial charge on any atom is -0.494 e. The summed E-state index contributed by atoms with van der Waals surface area (Å²) in [6.07, 6.45) is 5.40. The van der Waals surface area contributed by atoms with E-state index in [1.165, 1.54) is 7.11 Å². The van der Waals surface area contributed by atoms with Gasteiger partial charge in [-0.1, -0.05) is 6.42 Å². The van der Waals surface area contributed by atoms with Crippen molar-refractivity contribution in [3.8, 4) is 5.75 Å². The third-order valence-corrected chi connectivity index (χ3v) is 4.74. The number of hydrogen-bond donors (Lipinski definition) is 1. The lowest BCUT2D eigenvalue weighted by Gasteiger charge is -2.37. The van der Waals surface area contributed by atoms with Gasteiger partial charge in [0.25, 0.3) is 0 Å². The number of carbonyl (C=O) groups excluding carboxylic acids is 1. The number of likely N-dealkylation sites (tertiary alicyclic amines) is 1. The first-order chi connectivity index (χ1) is 10.6. The number of methoxy groups -OCH3 is 1. The van der Waals surface area contributed by atoms with Crippen LogP contribution in [0.15, 0.2) is 12.1 Å². The number of amides is 2. The highest BCUT2D eigenvalue weighted by Gasteiger charge is 2.37. The summed E-state index contributed by atoms with van der Waals surface area (Å²) in [7, 11) is 1.27. The van der Waals surface area contributed by atoms with Crippen LogP contribution >= 0.6 is 0 Å². The number of fused-ring (bicyclic) bond motifs is 1. The van der Waals surface area contributed by atoms with Gasteiger partial charge in [-0.25, -0.2) is 13.6 Å². The number of nitrogens with zero attached hydrogens (tertiary/aromatic N) is 1. The van der Waals surface area contributed by atoms with Crippen LogP contribution < -0.4 is 10.1 Å². The Kier molecular flexibility index (Phi) is 4.18. The average Bonchev–Trinajstić information content (AvgIpc) is 2.98. The lowest BCUT2D eigenvalue weighted by atomic mass is 9.92. The number of rotatable bonds is 2. The lowest BCUT2D eigenvalue weighted by molar-refractivity contribution is 0.138. The standard InChI is InChI=1S/C16H20F2N2O2/c1-22-15-9-11(17)13(8-12(15)18)19-16(21)20-7-3-5-10-4-2-6-14(10)20/h8-10,14H,2-7H2,1H3,(H,19,21)/t10-,14+/m0/s1. The summed E-state index contributed by atoms with van der Waals surface area (Å²) in [5.74, 6) is -1.02. The van der Waals surface area contributed by atoms with Gasteiger partial charge in [0.05, 0.1) is 12.8 Å². The van der Waals surface area contributed by atoms with Gasteiger partial charge in [0, 0.05) is 24.7 Å². The van der Waals surface area contributed by atoms with Gasteiger partial charge in [-0.3, -0.25) is 0 Å². The molecule has 0 spiro atoms. The van der Waals surface area contributed by atoms with E-state index in [1.807, 2.05) is 0 Å². The van der Waals surface area contributed by atoms with E-state index in [0.29, 0.717) is 12.5 Å². The largest absolute Gasteiger partial charge is 0.494 e. The van der Waals surface area contributed by atoms with Crippen molar-refractivity contribution in [2.45, 2.75) is 38.1 Å². The zero-order chi connectivity index (χ0) is 15.7. The number of anilines is 1. The fraction of sp³-hybridized carbons (Fsp3) is 0.562. The highest BCUT2D eigenvalue weighted by Crippen LogP contribution is 2.37. The second-order valence-electron chi connectivity index (χ2n) is 5.99. The molecule has 2 atom stereocenters. The Bertz CT molecular complexity index is 580. The van der Waals surface area contributed by atoms with Crippen molar-refractivity contribution >= 4 is 11.7 Å². The van der Waals surface area contributed by atoms with Crippen LogP contribution in [0.1, 0.15) is 32.1 Å². The summed E-state index contributed by atoms with van der Waals surface area (Å²) in [5.41, 5.74) is -0.150. The molecule has 2 amide bonds. The van der Waals surface area contributed by atoms with Gasteiger partial charge in [0.2, 0.25) is 0 Å². The Balaban J connectivity index is 1.75. The maximum absolute atomic E-state index is 13.9. The fourth-order valence-electron chi connectivity index (χ4n) is 3.67. The Labute approximate surface area is 128 Å². The predicted octanol–water partition coefficient (Wildman–Crippen LogP) is 3.77. The summed E-state index contributed by atoms with van der Waals surface area (Å²) in [4.78, 5) is 14.2. The van der Waals surface area contributed by atoms with Crippen LogP contribution in [-0.2, 0) is 0 Å². The van der Waals surface area contributed by atoms with Gasteiger partial charge in [-0.15, -0.1) is 0 Å². The van der Waals surface area contributed by atoms with Crippen LogP contribution in [0.4, 0.5) is 19.3 Å². The van der Waals surface area contributed by atoms with E-state index in [4.69, 9.17) is 4.74 Å². The average molecular weight is 310 g/mol. The number of hydrogen-bond acceptors (Lipinski definition) is 2. The molecule has 0 aromatic heterocycles. The molecule has 1 aliphatic heterocycles. The van der Waals surface area contributed by atoms with Gasteiger partial charge >= 0.3 is 6.03 Å². The van der Waals surface area contributed by atoms with E-state index in [9.17, 15) is 13.6 Å². The predicted molar refractivity (Wildman–Crippen MR) is 79.0 cm³/mol. The number of piperidine rings is 1. The quantitative estimate of drug-likeness (QED) is 0.903. The molecule has 1 aromatic carbocycles. The summed E-state index contributed by atoms with van der Waals surface area (Å²) >= 11 is 0. The molecule has 1 aromatic rings. The molecule has 1 aliphatic carbocycles. The van der Waals surface area contributed by atoms with Crippen molar-refractivity contribution in [2.75, 3.05) is 19.0 Å². The molecular formula is C16H20F2N2O2. The third kappa shape index (κ3) is 2.74. The van der Waals surface area contributed by atoms with Crippen molar-refractivity contribution in [1.29, 1.82) is 0 Å². The number of halogens is 2. The molecule has 1 N–H and O–H groups in total. The molecule has 2 aliphatic rings. The maximum Gasteiger partial charge on any atom is 0.322 e. The maximum atomic E-state index is 13.9. The van der Waals surface area contributed by atoms with Crippen molar-refractivity contribution in [3.63, 3.8) is 0 Å². The van der Waals surface area contributed by atoms with E-state index in [1.54, 1.807) is 4.90 Å². The SMILES string of the molecule is COc1cc(F)c(NC(=O)N2CCC[C@@H]3CCC[C@H]32)cc1F. The van der Waals surface area contributed by atoms with E-state index < -0.39 is 11.6 Å². The zero-order valence-electron chi connectivity index (χ0n) is 12.6. The molecule has 22 heavy (non-hydrogen) atoms. The fourth-order valence-corrected chi connectivity index (χ4v) is 3.67. The first-order valence-corrected chi connectivity index (χ1v) is 7.71. The third-order valence-electron chi connectivity index (χ3n) is 4.74. The Hall–Kier alpha value is -1.85. The van der Waals surface area contributed by atoms with Crippen molar-refractivity contribution in [3.05, 3.63) is 23.8 Å². The first-order valence-electron chi connectivity index (χ1n) is 7.71. The minimum absolute atomic E-state index is 0.150. The number of nitrogens with one attached hydrogen (secondary N) is 1. The summed E-state index contributed by atoms with van der Waals surface area (Å²) in [6, 6.07) is 1.79. The number of carbonyl (C=O) groups is 1. The molecule has 3 rings (SSSR count). The summed E-state index contributed by atoms with van der Waals surface area (Å²) in [6.45, 7) is 0.674. The monoisotopic (exact) mass is 310 g/mol. The number of benzene rings is 1. The molecule has 120 valence electrons.